The number of nitrogens with zero attached hydrogens (tertiary/aromatic N) is 5. The maximum atomic E-state index is 4.25. The lowest BCUT2D eigenvalue weighted by atomic mass is 9.99. The molecule has 0 aliphatic carbocycles. The number of hydrogen-bond acceptors (Lipinski definition) is 4. The van der Waals surface area contributed by atoms with Crippen molar-refractivity contribution in [3.8, 4) is 5.69 Å². The highest BCUT2D eigenvalue weighted by molar-refractivity contribution is 5.30. The number of likely N-dealkylation sites (tertiary alicyclic amines) is 1. The Balaban J connectivity index is 1.86. The van der Waals surface area contributed by atoms with E-state index in [2.05, 4.69) is 34.3 Å². The van der Waals surface area contributed by atoms with Gasteiger partial charge in [0.05, 0.1) is 11.7 Å². The molecule has 1 aliphatic rings. The summed E-state index contributed by atoms with van der Waals surface area (Å²) in [5.74, 6) is 1.68. The number of tetrazole rings is 1. The van der Waals surface area contributed by atoms with E-state index in [1.54, 1.807) is 0 Å². The van der Waals surface area contributed by atoms with Crippen molar-refractivity contribution in [2.45, 2.75) is 32.7 Å². The van der Waals surface area contributed by atoms with Gasteiger partial charge in [0.25, 0.3) is 0 Å². The van der Waals surface area contributed by atoms with Crippen molar-refractivity contribution in [1.82, 2.24) is 25.1 Å². The molecule has 5 heteroatoms. The first-order chi connectivity index (χ1) is 9.75. The number of para-hydroxylation sites is 1. The molecular formula is C15H21N5. The average Bonchev–Trinajstić information content (AvgIpc) is 2.97. The van der Waals surface area contributed by atoms with Crippen LogP contribution in [-0.4, -0.2) is 38.2 Å². The van der Waals surface area contributed by atoms with Gasteiger partial charge in [0.15, 0.2) is 5.82 Å². The fourth-order valence-corrected chi connectivity index (χ4v) is 2.95. The van der Waals surface area contributed by atoms with E-state index in [4.69, 9.17) is 0 Å². The molecule has 2 atom stereocenters. The topological polar surface area (TPSA) is 46.8 Å². The molecule has 1 aromatic heterocycles. The largest absolute Gasteiger partial charge is 0.293 e. The zero-order valence-corrected chi connectivity index (χ0v) is 12.1. The molecular weight excluding hydrogens is 250 g/mol. The molecule has 106 valence electrons. The maximum absolute atomic E-state index is 4.25. The van der Waals surface area contributed by atoms with Crippen molar-refractivity contribution in [2.75, 3.05) is 13.1 Å². The predicted molar refractivity (Wildman–Crippen MR) is 77.5 cm³/mol. The molecule has 1 fully saturated rings. The van der Waals surface area contributed by atoms with Crippen molar-refractivity contribution < 1.29 is 0 Å². The fourth-order valence-electron chi connectivity index (χ4n) is 2.95. The molecule has 0 bridgehead atoms. The standard InChI is InChI=1S/C15H21N5/c1-12-7-6-10-19(11-12)13(2)15-16-17-18-20(15)14-8-4-3-5-9-14/h3-5,8-9,12-13H,6-7,10-11H2,1-2H3. The van der Waals surface area contributed by atoms with Crippen LogP contribution in [-0.2, 0) is 0 Å². The van der Waals surface area contributed by atoms with Gasteiger partial charge in [0, 0.05) is 6.54 Å². The molecule has 0 saturated carbocycles. The smallest absolute Gasteiger partial charge is 0.173 e. The van der Waals surface area contributed by atoms with E-state index in [0.29, 0.717) is 0 Å². The Kier molecular flexibility index (Phi) is 3.78. The molecule has 0 amide bonds. The summed E-state index contributed by atoms with van der Waals surface area (Å²) in [6, 6.07) is 10.3. The van der Waals surface area contributed by atoms with Gasteiger partial charge in [-0.25, -0.2) is 0 Å². The quantitative estimate of drug-likeness (QED) is 0.860. The van der Waals surface area contributed by atoms with Crippen LogP contribution in [0.5, 0.6) is 0 Å². The molecule has 2 unspecified atom stereocenters. The third-order valence-corrected chi connectivity index (χ3v) is 4.10. The molecule has 3 rings (SSSR count). The molecule has 1 saturated heterocycles. The van der Waals surface area contributed by atoms with Crippen LogP contribution in [0, 0.1) is 5.92 Å². The molecule has 20 heavy (non-hydrogen) atoms. The first-order valence-electron chi connectivity index (χ1n) is 7.33. The van der Waals surface area contributed by atoms with E-state index in [1.165, 1.54) is 12.8 Å². The lowest BCUT2D eigenvalue weighted by Gasteiger charge is -2.34. The number of aromatic nitrogens is 4. The van der Waals surface area contributed by atoms with E-state index in [-0.39, 0.29) is 6.04 Å². The fraction of sp³-hybridized carbons (Fsp3) is 0.533. The van der Waals surface area contributed by atoms with E-state index in [9.17, 15) is 0 Å². The van der Waals surface area contributed by atoms with E-state index >= 15 is 0 Å². The Hall–Kier alpha value is -1.75. The third kappa shape index (κ3) is 2.58. The first kappa shape index (κ1) is 13.2. The lowest BCUT2D eigenvalue weighted by Crippen LogP contribution is -2.37. The Morgan fingerprint density at radius 1 is 1.25 bits per heavy atom. The molecule has 1 aliphatic heterocycles. The van der Waals surface area contributed by atoms with Gasteiger partial charge < -0.3 is 0 Å². The first-order valence-corrected chi connectivity index (χ1v) is 7.33. The van der Waals surface area contributed by atoms with Gasteiger partial charge in [-0.2, -0.15) is 4.68 Å². The van der Waals surface area contributed by atoms with Crippen molar-refractivity contribution in [2.24, 2.45) is 5.92 Å². The summed E-state index contributed by atoms with van der Waals surface area (Å²) in [7, 11) is 0. The van der Waals surface area contributed by atoms with Crippen LogP contribution in [0.1, 0.15) is 38.6 Å². The van der Waals surface area contributed by atoms with Gasteiger partial charge in [0.2, 0.25) is 0 Å². The molecule has 1 aromatic carbocycles. The predicted octanol–water partition coefficient (Wildman–Crippen LogP) is 2.46. The van der Waals surface area contributed by atoms with Crippen molar-refractivity contribution in [3.63, 3.8) is 0 Å². The van der Waals surface area contributed by atoms with Crippen LogP contribution >= 0.6 is 0 Å². The molecule has 2 heterocycles. The highest BCUT2D eigenvalue weighted by Crippen LogP contribution is 2.25. The lowest BCUT2D eigenvalue weighted by molar-refractivity contribution is 0.132. The van der Waals surface area contributed by atoms with E-state index < -0.39 is 0 Å². The minimum Gasteiger partial charge on any atom is -0.293 e. The Bertz CT molecular complexity index is 550. The zero-order chi connectivity index (χ0) is 13.9. The number of piperidine rings is 1. The Labute approximate surface area is 119 Å². The van der Waals surface area contributed by atoms with Crippen molar-refractivity contribution in [1.29, 1.82) is 0 Å². The van der Waals surface area contributed by atoms with Crippen molar-refractivity contribution in [3.05, 3.63) is 36.2 Å². The normalized spacial score (nSPS) is 21.8. The monoisotopic (exact) mass is 271 g/mol. The average molecular weight is 271 g/mol. The number of benzene rings is 1. The second-order valence-corrected chi connectivity index (χ2v) is 5.70. The van der Waals surface area contributed by atoms with Gasteiger partial charge in [-0.3, -0.25) is 4.90 Å². The second kappa shape index (κ2) is 5.71. The minimum absolute atomic E-state index is 0.243. The van der Waals surface area contributed by atoms with Gasteiger partial charge in [0.1, 0.15) is 0 Å². The van der Waals surface area contributed by atoms with Crippen LogP contribution in [0.15, 0.2) is 30.3 Å². The number of hydrogen-bond donors (Lipinski definition) is 0. The van der Waals surface area contributed by atoms with Crippen LogP contribution in [0.2, 0.25) is 0 Å². The summed E-state index contributed by atoms with van der Waals surface area (Å²) in [5, 5.41) is 12.3. The summed E-state index contributed by atoms with van der Waals surface area (Å²) in [6.07, 6.45) is 2.59. The minimum atomic E-state index is 0.243. The Morgan fingerprint density at radius 3 is 2.80 bits per heavy atom. The van der Waals surface area contributed by atoms with Crippen LogP contribution < -0.4 is 0 Å². The highest BCUT2D eigenvalue weighted by Gasteiger charge is 2.26. The Morgan fingerprint density at radius 2 is 2.05 bits per heavy atom. The van der Waals surface area contributed by atoms with Gasteiger partial charge >= 0.3 is 0 Å². The third-order valence-electron chi connectivity index (χ3n) is 4.10. The van der Waals surface area contributed by atoms with Gasteiger partial charge in [-0.1, -0.05) is 25.1 Å². The van der Waals surface area contributed by atoms with Gasteiger partial charge in [-0.05, 0) is 54.8 Å². The molecule has 5 nitrogen and oxygen atoms in total. The van der Waals surface area contributed by atoms with Gasteiger partial charge in [-0.15, -0.1) is 5.10 Å². The van der Waals surface area contributed by atoms with Crippen LogP contribution in [0.3, 0.4) is 0 Å². The van der Waals surface area contributed by atoms with Crippen molar-refractivity contribution >= 4 is 0 Å². The molecule has 2 aromatic rings. The van der Waals surface area contributed by atoms with E-state index in [0.717, 1.165) is 30.5 Å². The summed E-state index contributed by atoms with van der Waals surface area (Å²) in [5.41, 5.74) is 1.02. The van der Waals surface area contributed by atoms with Crippen LogP contribution in [0.4, 0.5) is 0 Å². The molecule has 0 N–H and O–H groups in total. The molecule has 0 spiro atoms. The molecule has 0 radical (unpaired) electrons. The summed E-state index contributed by atoms with van der Waals surface area (Å²) < 4.78 is 1.85. The summed E-state index contributed by atoms with van der Waals surface area (Å²) in [6.45, 7) is 6.78. The summed E-state index contributed by atoms with van der Waals surface area (Å²) in [4.78, 5) is 2.49. The second-order valence-electron chi connectivity index (χ2n) is 5.70. The number of rotatable bonds is 3. The van der Waals surface area contributed by atoms with Crippen LogP contribution in [0.25, 0.3) is 5.69 Å². The highest BCUT2D eigenvalue weighted by atomic mass is 15.6. The summed E-state index contributed by atoms with van der Waals surface area (Å²) >= 11 is 0. The van der Waals surface area contributed by atoms with E-state index in [1.807, 2.05) is 35.0 Å². The SMILES string of the molecule is CC1CCCN(C(C)c2nnnn2-c2ccccc2)C1. The maximum Gasteiger partial charge on any atom is 0.173 e. The zero-order valence-electron chi connectivity index (χ0n) is 12.1.